The topological polar surface area (TPSA) is 69.4 Å². The summed E-state index contributed by atoms with van der Waals surface area (Å²) in [4.78, 5) is 21.2. The van der Waals surface area contributed by atoms with Gasteiger partial charge in [0, 0.05) is 24.1 Å². The van der Waals surface area contributed by atoms with E-state index in [1.165, 1.54) is 19.3 Å². The van der Waals surface area contributed by atoms with Crippen molar-refractivity contribution < 1.29 is 60.8 Å². The molecule has 1 aliphatic heterocycles. The first-order valence-electron chi connectivity index (χ1n) is 10.3. The number of rotatable bonds is 7. The van der Waals surface area contributed by atoms with Crippen molar-refractivity contribution in [2.45, 2.75) is 38.1 Å². The van der Waals surface area contributed by atoms with Gasteiger partial charge in [0.25, 0.3) is 5.91 Å². The van der Waals surface area contributed by atoms with Crippen LogP contribution in [0.1, 0.15) is 59.6 Å². The number of carbonyl (C=O) groups is 1. The summed E-state index contributed by atoms with van der Waals surface area (Å²) in [6.45, 7) is 3.97. The molecule has 0 spiro atoms. The van der Waals surface area contributed by atoms with Crippen LogP contribution in [0.5, 0.6) is 0 Å². The maximum absolute atomic E-state index is 12.7. The minimum absolute atomic E-state index is 0. The summed E-state index contributed by atoms with van der Waals surface area (Å²) < 4.78 is 1.95. The van der Waals surface area contributed by atoms with E-state index in [-0.39, 0.29) is 63.3 Å². The summed E-state index contributed by atoms with van der Waals surface area (Å²) in [5.74, 6) is 0.414. The third-order valence-corrected chi connectivity index (χ3v) is 5.49. The zero-order valence-electron chi connectivity index (χ0n) is 18.3. The van der Waals surface area contributed by atoms with Crippen molar-refractivity contribution in [1.82, 2.24) is 10.3 Å². The number of benzene rings is 1. The molecule has 31 heavy (non-hydrogen) atoms. The zero-order chi connectivity index (χ0) is 20.9. The van der Waals surface area contributed by atoms with Crippen LogP contribution in [0.4, 0.5) is 5.69 Å². The number of aromatic nitrogens is 1. The van der Waals surface area contributed by atoms with Crippen molar-refractivity contribution in [3.05, 3.63) is 78.4 Å². The van der Waals surface area contributed by atoms with Crippen molar-refractivity contribution in [3.8, 4) is 0 Å². The molecule has 1 saturated carbocycles. The van der Waals surface area contributed by atoms with E-state index in [2.05, 4.69) is 26.8 Å². The normalized spacial score (nSPS) is 17.6. The molecule has 154 valence electrons. The fraction of sp³-hybridized carbons (Fsp3) is 0.292. The second-order valence-electron chi connectivity index (χ2n) is 7.83. The van der Waals surface area contributed by atoms with Gasteiger partial charge < -0.3 is 26.4 Å². The van der Waals surface area contributed by atoms with Gasteiger partial charge in [-0.2, -0.15) is 0 Å². The minimum Gasteiger partial charge on any atom is -0.560 e. The van der Waals surface area contributed by atoms with Crippen molar-refractivity contribution in [2.75, 3.05) is 12.4 Å². The fourth-order valence-corrected chi connectivity index (χ4v) is 3.46. The number of amides is 1. The van der Waals surface area contributed by atoms with E-state index in [0.29, 0.717) is 11.5 Å². The monoisotopic (exact) mass is 439 g/mol. The van der Waals surface area contributed by atoms with Gasteiger partial charge in [-0.25, -0.2) is 0 Å². The molecule has 1 unspecified atom stereocenters. The fourth-order valence-electron chi connectivity index (χ4n) is 3.46. The molecule has 1 fully saturated rings. The van der Waals surface area contributed by atoms with Crippen LogP contribution in [-0.2, 0) is 0 Å². The SMILES string of the molecule is CC(N[C-]=CN=C1C=[N+](C)[CH-]1)c1cccc(NC(=O)c2cncc(C3CCC3)c2)c1.[K+]. The first kappa shape index (κ1) is 23.9. The van der Waals surface area contributed by atoms with Crippen molar-refractivity contribution in [2.24, 2.45) is 4.99 Å². The molecule has 7 heteroatoms. The van der Waals surface area contributed by atoms with Gasteiger partial charge in [-0.1, -0.05) is 18.6 Å². The number of pyridine rings is 1. The van der Waals surface area contributed by atoms with E-state index in [1.54, 1.807) is 12.4 Å². The predicted molar refractivity (Wildman–Crippen MR) is 119 cm³/mol. The number of hydrogen-bond donors (Lipinski definition) is 2. The van der Waals surface area contributed by atoms with Gasteiger partial charge in [0.05, 0.1) is 24.0 Å². The van der Waals surface area contributed by atoms with Gasteiger partial charge in [0.1, 0.15) is 7.05 Å². The van der Waals surface area contributed by atoms with Gasteiger partial charge in [-0.15, -0.1) is 6.20 Å². The standard InChI is InChI=1S/C24H26N5O.K/c1-17(26-9-10-27-23-15-29(2)16-23)19-7-4-8-22(12-19)28-24(30)21-11-20(13-25-14-21)18-5-3-6-18;/h4,7-8,10-18,26H,3,5-6H2,1-2H3,(H,28,30);/q-1;+1. The average molecular weight is 440 g/mol. The number of anilines is 1. The Labute approximate surface area is 226 Å². The van der Waals surface area contributed by atoms with Crippen LogP contribution in [0.15, 0.2) is 53.9 Å². The molecule has 4 rings (SSSR count). The second-order valence-corrected chi connectivity index (χ2v) is 7.83. The van der Waals surface area contributed by atoms with Crippen LogP contribution in [-0.4, -0.2) is 34.4 Å². The zero-order valence-corrected chi connectivity index (χ0v) is 21.4. The minimum atomic E-state index is -0.137. The summed E-state index contributed by atoms with van der Waals surface area (Å²) in [6.07, 6.45) is 13.7. The van der Waals surface area contributed by atoms with Crippen LogP contribution in [0.3, 0.4) is 0 Å². The van der Waals surface area contributed by atoms with Crippen LogP contribution < -0.4 is 62.0 Å². The molecule has 1 atom stereocenters. The van der Waals surface area contributed by atoms with E-state index in [0.717, 1.165) is 22.5 Å². The number of hydrogen-bond acceptors (Lipinski definition) is 4. The molecule has 0 saturated heterocycles. The summed E-state index contributed by atoms with van der Waals surface area (Å²) >= 11 is 0. The molecule has 2 N–H and O–H groups in total. The van der Waals surface area contributed by atoms with E-state index in [9.17, 15) is 4.79 Å². The third kappa shape index (κ3) is 6.37. The number of carbonyl (C=O) groups excluding carboxylic acids is 1. The molecule has 0 radical (unpaired) electrons. The van der Waals surface area contributed by atoms with Crippen LogP contribution in [0.25, 0.3) is 0 Å². The predicted octanol–water partition coefficient (Wildman–Crippen LogP) is 0.860. The number of aliphatic imine (C=N–C) groups is 1. The summed E-state index contributed by atoms with van der Waals surface area (Å²) in [7, 11) is 1.96. The smallest absolute Gasteiger partial charge is 0.560 e. The molecule has 0 bridgehead atoms. The van der Waals surface area contributed by atoms with Gasteiger partial charge >= 0.3 is 51.4 Å². The molecule has 2 aliphatic rings. The maximum Gasteiger partial charge on any atom is 1.00 e. The Balaban J connectivity index is 0.00000272. The Morgan fingerprint density at radius 3 is 2.87 bits per heavy atom. The van der Waals surface area contributed by atoms with E-state index in [1.807, 2.05) is 67.8 Å². The van der Waals surface area contributed by atoms with Gasteiger partial charge in [0.15, 0.2) is 0 Å². The maximum atomic E-state index is 12.7. The Morgan fingerprint density at radius 1 is 1.35 bits per heavy atom. The Hall–Kier alpha value is -1.77. The molecule has 2 heterocycles. The van der Waals surface area contributed by atoms with E-state index in [4.69, 9.17) is 0 Å². The molecular weight excluding hydrogens is 413 g/mol. The largest absolute Gasteiger partial charge is 1.00 e. The average Bonchev–Trinajstić information content (AvgIpc) is 2.68. The van der Waals surface area contributed by atoms with Crippen LogP contribution in [0, 0.1) is 12.7 Å². The third-order valence-electron chi connectivity index (χ3n) is 5.49. The Kier molecular flexibility index (Phi) is 8.63. The van der Waals surface area contributed by atoms with Gasteiger partial charge in [-0.3, -0.25) is 9.78 Å². The second kappa shape index (κ2) is 11.2. The quantitative estimate of drug-likeness (QED) is 0.291. The first-order valence-corrected chi connectivity index (χ1v) is 10.3. The summed E-state index contributed by atoms with van der Waals surface area (Å²) in [5, 5.41) is 6.17. The van der Waals surface area contributed by atoms with Crippen molar-refractivity contribution in [1.29, 1.82) is 0 Å². The number of nitrogens with one attached hydrogen (secondary N) is 2. The van der Waals surface area contributed by atoms with Gasteiger partial charge in [-0.05, 0) is 55.0 Å². The molecule has 1 aromatic carbocycles. The van der Waals surface area contributed by atoms with Gasteiger partial charge in [0.2, 0.25) is 0 Å². The Morgan fingerprint density at radius 2 is 2.16 bits per heavy atom. The summed E-state index contributed by atoms with van der Waals surface area (Å²) in [5.41, 5.74) is 4.48. The summed E-state index contributed by atoms with van der Waals surface area (Å²) in [6, 6.07) is 9.80. The molecule has 1 aliphatic carbocycles. The molecule has 6 nitrogen and oxygen atoms in total. The number of nitrogens with zero attached hydrogens (tertiary/aromatic N) is 3. The van der Waals surface area contributed by atoms with Crippen LogP contribution >= 0.6 is 0 Å². The van der Waals surface area contributed by atoms with Crippen molar-refractivity contribution >= 4 is 23.5 Å². The first-order chi connectivity index (χ1) is 14.6. The molecular formula is C24H26KN5O. The molecule has 2 aromatic rings. The molecule has 1 amide bonds. The van der Waals surface area contributed by atoms with Crippen molar-refractivity contribution in [3.63, 3.8) is 0 Å². The molecule has 1 aromatic heterocycles. The van der Waals surface area contributed by atoms with Crippen LogP contribution in [0.2, 0.25) is 0 Å². The van der Waals surface area contributed by atoms with E-state index < -0.39 is 0 Å². The Bertz CT molecular complexity index is 1030. The van der Waals surface area contributed by atoms with E-state index >= 15 is 0 Å².